The maximum Gasteiger partial charge on any atom is 0.0650 e. The van der Waals surface area contributed by atoms with Crippen molar-refractivity contribution in [1.29, 1.82) is 0 Å². The third-order valence-electron chi connectivity index (χ3n) is 3.56. The van der Waals surface area contributed by atoms with Gasteiger partial charge in [-0.25, -0.2) is 0 Å². The van der Waals surface area contributed by atoms with Crippen LogP contribution in [-0.2, 0) is 12.8 Å². The fourth-order valence-electron chi connectivity index (χ4n) is 2.15. The molecular weight excluding hydrogens is 272 g/mol. The molecule has 108 valence electrons. The van der Waals surface area contributed by atoms with E-state index < -0.39 is 6.10 Å². The minimum Gasteiger partial charge on any atom is -0.392 e. The van der Waals surface area contributed by atoms with Crippen LogP contribution in [-0.4, -0.2) is 21.0 Å². The molecule has 0 saturated heterocycles. The highest BCUT2D eigenvalue weighted by atomic mass is 35.5. The Morgan fingerprint density at radius 2 is 2.00 bits per heavy atom. The fourth-order valence-corrected chi connectivity index (χ4v) is 2.36. The summed E-state index contributed by atoms with van der Waals surface area (Å²) in [5.41, 5.74) is 1.90. The smallest absolute Gasteiger partial charge is 0.0650 e. The van der Waals surface area contributed by atoms with Gasteiger partial charge in [0.05, 0.1) is 11.8 Å². The summed E-state index contributed by atoms with van der Waals surface area (Å²) in [6.45, 7) is 4.27. The van der Waals surface area contributed by atoms with Crippen LogP contribution in [0.3, 0.4) is 0 Å². The molecule has 2 rings (SSSR count). The molecule has 0 aliphatic rings. The summed E-state index contributed by atoms with van der Waals surface area (Å²) in [5, 5.41) is 15.4. The third kappa shape index (κ3) is 3.84. The number of aliphatic hydroxyl groups excluding tert-OH is 1. The van der Waals surface area contributed by atoms with E-state index in [4.69, 9.17) is 11.6 Å². The van der Waals surface area contributed by atoms with Crippen LogP contribution in [0.15, 0.2) is 36.5 Å². The molecule has 0 bridgehead atoms. The lowest BCUT2D eigenvalue weighted by Crippen LogP contribution is -2.15. The molecule has 2 aromatic rings. The zero-order valence-electron chi connectivity index (χ0n) is 12.0. The average molecular weight is 293 g/mol. The van der Waals surface area contributed by atoms with Crippen LogP contribution < -0.4 is 0 Å². The van der Waals surface area contributed by atoms with E-state index in [1.807, 2.05) is 41.2 Å². The number of rotatable bonds is 6. The fraction of sp³-hybridized carbons (Fsp3) is 0.438. The van der Waals surface area contributed by atoms with Crippen LogP contribution in [0.5, 0.6) is 0 Å². The minimum atomic E-state index is -0.463. The highest BCUT2D eigenvalue weighted by Gasteiger charge is 2.12. The molecule has 0 radical (unpaired) electrons. The monoisotopic (exact) mass is 292 g/mol. The molecule has 0 amide bonds. The van der Waals surface area contributed by atoms with Gasteiger partial charge in [0.1, 0.15) is 0 Å². The Hall–Kier alpha value is -1.32. The van der Waals surface area contributed by atoms with Crippen LogP contribution in [0, 0.1) is 0 Å². The molecule has 1 heterocycles. The Bertz CT molecular complexity index is 553. The molecule has 1 aromatic heterocycles. The van der Waals surface area contributed by atoms with Gasteiger partial charge in [-0.05, 0) is 31.0 Å². The van der Waals surface area contributed by atoms with Crippen LogP contribution >= 0.6 is 11.6 Å². The first-order valence-electron chi connectivity index (χ1n) is 7.05. The molecule has 0 fully saturated rings. The molecule has 0 aliphatic carbocycles. The van der Waals surface area contributed by atoms with Gasteiger partial charge >= 0.3 is 0 Å². The summed E-state index contributed by atoms with van der Waals surface area (Å²) < 4.78 is 1.96. The number of nitrogens with zero attached hydrogens (tertiary/aromatic N) is 2. The van der Waals surface area contributed by atoms with Crippen LogP contribution in [0.25, 0.3) is 0 Å². The Labute approximate surface area is 125 Å². The van der Waals surface area contributed by atoms with Crippen LogP contribution in [0.4, 0.5) is 0 Å². The Kier molecular flexibility index (Phi) is 5.21. The first-order valence-corrected chi connectivity index (χ1v) is 7.43. The highest BCUT2D eigenvalue weighted by Crippen LogP contribution is 2.18. The first kappa shape index (κ1) is 15.1. The van der Waals surface area contributed by atoms with Crippen molar-refractivity contribution >= 4 is 11.6 Å². The van der Waals surface area contributed by atoms with Crippen LogP contribution in [0.1, 0.15) is 37.6 Å². The SMILES string of the molecule is CCC(C)n1ccc(CC(O)Cc2ccccc2Cl)n1. The molecule has 1 N–H and O–H groups in total. The summed E-state index contributed by atoms with van der Waals surface area (Å²) in [7, 11) is 0. The zero-order valence-corrected chi connectivity index (χ0v) is 12.7. The standard InChI is InChI=1S/C16H21ClN2O/c1-3-12(2)19-9-8-14(18-19)11-15(20)10-13-6-4-5-7-16(13)17/h4-9,12,15,20H,3,10-11H2,1-2H3. The molecule has 0 saturated carbocycles. The Morgan fingerprint density at radius 3 is 2.70 bits per heavy atom. The lowest BCUT2D eigenvalue weighted by molar-refractivity contribution is 0.174. The van der Waals surface area contributed by atoms with E-state index >= 15 is 0 Å². The molecule has 0 aliphatic heterocycles. The van der Waals surface area contributed by atoms with E-state index in [0.717, 1.165) is 17.7 Å². The number of benzene rings is 1. The van der Waals surface area contributed by atoms with Crippen molar-refractivity contribution in [3.8, 4) is 0 Å². The number of hydrogen-bond donors (Lipinski definition) is 1. The van der Waals surface area contributed by atoms with E-state index in [9.17, 15) is 5.11 Å². The summed E-state index contributed by atoms with van der Waals surface area (Å²) in [5.74, 6) is 0. The van der Waals surface area contributed by atoms with Crippen molar-refractivity contribution in [3.05, 3.63) is 52.8 Å². The van der Waals surface area contributed by atoms with Gasteiger partial charge < -0.3 is 5.11 Å². The van der Waals surface area contributed by atoms with Crippen molar-refractivity contribution in [3.63, 3.8) is 0 Å². The van der Waals surface area contributed by atoms with Gasteiger partial charge in [0.2, 0.25) is 0 Å². The van der Waals surface area contributed by atoms with Gasteiger partial charge in [-0.2, -0.15) is 5.10 Å². The van der Waals surface area contributed by atoms with E-state index in [-0.39, 0.29) is 0 Å². The van der Waals surface area contributed by atoms with E-state index in [1.54, 1.807) is 0 Å². The van der Waals surface area contributed by atoms with Gasteiger partial charge in [0.15, 0.2) is 0 Å². The second-order valence-electron chi connectivity index (χ2n) is 5.20. The Balaban J connectivity index is 1.96. The van der Waals surface area contributed by atoms with Crippen LogP contribution in [0.2, 0.25) is 5.02 Å². The number of aliphatic hydroxyl groups is 1. The van der Waals surface area contributed by atoms with Crippen molar-refractivity contribution in [1.82, 2.24) is 9.78 Å². The lowest BCUT2D eigenvalue weighted by atomic mass is 10.0. The van der Waals surface area contributed by atoms with Crippen molar-refractivity contribution in [2.45, 2.75) is 45.3 Å². The highest BCUT2D eigenvalue weighted by molar-refractivity contribution is 6.31. The number of halogens is 1. The molecule has 3 nitrogen and oxygen atoms in total. The second kappa shape index (κ2) is 6.91. The first-order chi connectivity index (χ1) is 9.60. The van der Waals surface area contributed by atoms with Gasteiger partial charge in [-0.3, -0.25) is 4.68 Å². The zero-order chi connectivity index (χ0) is 14.5. The maximum atomic E-state index is 10.2. The minimum absolute atomic E-state index is 0.393. The molecule has 20 heavy (non-hydrogen) atoms. The topological polar surface area (TPSA) is 38.0 Å². The van der Waals surface area contributed by atoms with Crippen molar-refractivity contribution < 1.29 is 5.11 Å². The largest absolute Gasteiger partial charge is 0.392 e. The predicted molar refractivity (Wildman–Crippen MR) is 82.1 cm³/mol. The predicted octanol–water partition coefficient (Wildman–Crippen LogP) is 3.65. The van der Waals surface area contributed by atoms with E-state index in [0.29, 0.717) is 23.9 Å². The molecular formula is C16H21ClN2O. The molecule has 2 atom stereocenters. The molecule has 4 heteroatoms. The summed E-state index contributed by atoms with van der Waals surface area (Å²) in [6.07, 6.45) is 3.66. The van der Waals surface area contributed by atoms with Gasteiger partial charge in [0, 0.05) is 30.1 Å². The number of hydrogen-bond acceptors (Lipinski definition) is 2. The number of aromatic nitrogens is 2. The summed E-state index contributed by atoms with van der Waals surface area (Å²) >= 11 is 6.10. The molecule has 2 unspecified atom stereocenters. The van der Waals surface area contributed by atoms with E-state index in [1.165, 1.54) is 0 Å². The van der Waals surface area contributed by atoms with E-state index in [2.05, 4.69) is 18.9 Å². The van der Waals surface area contributed by atoms with Gasteiger partial charge in [-0.15, -0.1) is 0 Å². The lowest BCUT2D eigenvalue weighted by Gasteiger charge is -2.11. The van der Waals surface area contributed by atoms with Gasteiger partial charge in [0.25, 0.3) is 0 Å². The third-order valence-corrected chi connectivity index (χ3v) is 3.93. The maximum absolute atomic E-state index is 10.2. The summed E-state index contributed by atoms with van der Waals surface area (Å²) in [6, 6.07) is 9.99. The Morgan fingerprint density at radius 1 is 1.25 bits per heavy atom. The molecule has 1 aromatic carbocycles. The second-order valence-corrected chi connectivity index (χ2v) is 5.61. The normalized spacial score (nSPS) is 14.2. The van der Waals surface area contributed by atoms with Gasteiger partial charge in [-0.1, -0.05) is 36.7 Å². The van der Waals surface area contributed by atoms with Crippen molar-refractivity contribution in [2.75, 3.05) is 0 Å². The average Bonchev–Trinajstić information content (AvgIpc) is 2.89. The molecule has 0 spiro atoms. The van der Waals surface area contributed by atoms with Crippen molar-refractivity contribution in [2.24, 2.45) is 0 Å². The quantitative estimate of drug-likeness (QED) is 0.882. The summed E-state index contributed by atoms with van der Waals surface area (Å²) in [4.78, 5) is 0.